The summed E-state index contributed by atoms with van der Waals surface area (Å²) in [5.41, 5.74) is 2.33. The maximum atomic E-state index is 11.7. The summed E-state index contributed by atoms with van der Waals surface area (Å²) in [5.74, 6) is -0.0355. The molecule has 4 nitrogen and oxygen atoms in total. The van der Waals surface area contributed by atoms with Crippen LogP contribution in [0.5, 0.6) is 0 Å². The lowest BCUT2D eigenvalue weighted by Gasteiger charge is -2.36. The van der Waals surface area contributed by atoms with Crippen molar-refractivity contribution in [2.45, 2.75) is 39.7 Å². The Bertz CT molecular complexity index is 545. The molecular formula is C19H28N2O2. The molecule has 126 valence electrons. The first kappa shape index (κ1) is 16.3. The molecule has 1 atom stereocenters. The summed E-state index contributed by atoms with van der Waals surface area (Å²) >= 11 is 0. The van der Waals surface area contributed by atoms with E-state index in [0.29, 0.717) is 0 Å². The molecule has 0 aliphatic carbocycles. The summed E-state index contributed by atoms with van der Waals surface area (Å²) in [7, 11) is 0. The highest BCUT2D eigenvalue weighted by Gasteiger charge is 2.41. The summed E-state index contributed by atoms with van der Waals surface area (Å²) < 4.78 is 5.49. The van der Waals surface area contributed by atoms with Gasteiger partial charge < -0.3 is 9.64 Å². The summed E-state index contributed by atoms with van der Waals surface area (Å²) in [6.45, 7) is 11.4. The number of nitrogens with zero attached hydrogens (tertiary/aromatic N) is 2. The summed E-state index contributed by atoms with van der Waals surface area (Å²) in [6.07, 6.45) is 1.92. The highest BCUT2D eigenvalue weighted by Crippen LogP contribution is 2.34. The second-order valence-corrected chi connectivity index (χ2v) is 7.57. The number of aryl methyl sites for hydroxylation is 1. The third-order valence-corrected chi connectivity index (χ3v) is 5.10. The molecule has 0 spiro atoms. The standard InChI is InChI=1S/C19H28N2O2/c1-15-4-6-16(7-5-15)21-12-10-20(11-13-21)9-8-17-14-19(2,3)18(22)23-17/h4-7,17H,8-14H2,1-3H3/t17-/m1/s1. The molecule has 1 aromatic rings. The van der Waals surface area contributed by atoms with E-state index in [2.05, 4.69) is 41.0 Å². The summed E-state index contributed by atoms with van der Waals surface area (Å²) in [6, 6.07) is 8.78. The molecular weight excluding hydrogens is 288 g/mol. The molecule has 0 aromatic heterocycles. The number of ether oxygens (including phenoxy) is 1. The van der Waals surface area contributed by atoms with Crippen LogP contribution in [-0.4, -0.2) is 49.7 Å². The Balaban J connectivity index is 1.43. The first-order valence-electron chi connectivity index (χ1n) is 8.69. The van der Waals surface area contributed by atoms with Crippen molar-refractivity contribution in [1.29, 1.82) is 0 Å². The molecule has 23 heavy (non-hydrogen) atoms. The van der Waals surface area contributed by atoms with Crippen LogP contribution in [0.3, 0.4) is 0 Å². The number of anilines is 1. The van der Waals surface area contributed by atoms with E-state index < -0.39 is 0 Å². The highest BCUT2D eigenvalue weighted by molar-refractivity contribution is 5.78. The molecule has 0 N–H and O–H groups in total. The third kappa shape index (κ3) is 3.86. The van der Waals surface area contributed by atoms with E-state index in [1.807, 2.05) is 13.8 Å². The molecule has 2 saturated heterocycles. The normalized spacial score (nSPS) is 24.7. The molecule has 0 unspecified atom stereocenters. The van der Waals surface area contributed by atoms with E-state index in [1.54, 1.807) is 0 Å². The zero-order valence-corrected chi connectivity index (χ0v) is 14.5. The fraction of sp³-hybridized carbons (Fsp3) is 0.632. The van der Waals surface area contributed by atoms with Crippen LogP contribution in [0.4, 0.5) is 5.69 Å². The summed E-state index contributed by atoms with van der Waals surface area (Å²) in [4.78, 5) is 16.7. The van der Waals surface area contributed by atoms with Crippen LogP contribution in [0.15, 0.2) is 24.3 Å². The van der Waals surface area contributed by atoms with Gasteiger partial charge in [0.25, 0.3) is 0 Å². The average Bonchev–Trinajstić information content (AvgIpc) is 2.79. The van der Waals surface area contributed by atoms with Gasteiger partial charge >= 0.3 is 5.97 Å². The van der Waals surface area contributed by atoms with Gasteiger partial charge in [0.15, 0.2) is 0 Å². The van der Waals surface area contributed by atoms with Gasteiger partial charge in [0, 0.05) is 38.4 Å². The number of benzene rings is 1. The topological polar surface area (TPSA) is 32.8 Å². The van der Waals surface area contributed by atoms with Crippen LogP contribution < -0.4 is 4.90 Å². The van der Waals surface area contributed by atoms with Crippen molar-refractivity contribution < 1.29 is 9.53 Å². The van der Waals surface area contributed by atoms with E-state index in [-0.39, 0.29) is 17.5 Å². The van der Waals surface area contributed by atoms with Gasteiger partial charge in [-0.15, -0.1) is 0 Å². The van der Waals surface area contributed by atoms with Crippen LogP contribution in [0.2, 0.25) is 0 Å². The van der Waals surface area contributed by atoms with Crippen molar-refractivity contribution in [2.75, 3.05) is 37.6 Å². The Morgan fingerprint density at radius 2 is 1.78 bits per heavy atom. The number of cyclic esters (lactones) is 1. The van der Waals surface area contributed by atoms with Gasteiger partial charge in [-0.2, -0.15) is 0 Å². The van der Waals surface area contributed by atoms with Gasteiger partial charge in [0.05, 0.1) is 5.41 Å². The van der Waals surface area contributed by atoms with Crippen molar-refractivity contribution in [3.63, 3.8) is 0 Å². The maximum absolute atomic E-state index is 11.7. The van der Waals surface area contributed by atoms with E-state index in [1.165, 1.54) is 11.3 Å². The molecule has 2 fully saturated rings. The van der Waals surface area contributed by atoms with E-state index >= 15 is 0 Å². The van der Waals surface area contributed by atoms with Crippen LogP contribution in [0.1, 0.15) is 32.3 Å². The Kier molecular flexibility index (Phi) is 4.62. The predicted molar refractivity (Wildman–Crippen MR) is 92.7 cm³/mol. The SMILES string of the molecule is Cc1ccc(N2CCN(CC[C@@H]3CC(C)(C)C(=O)O3)CC2)cc1. The molecule has 0 amide bonds. The van der Waals surface area contributed by atoms with Gasteiger partial charge in [-0.25, -0.2) is 0 Å². The maximum Gasteiger partial charge on any atom is 0.311 e. The second kappa shape index (κ2) is 6.52. The van der Waals surface area contributed by atoms with Crippen LogP contribution in [0.25, 0.3) is 0 Å². The first-order valence-corrected chi connectivity index (χ1v) is 8.69. The van der Waals surface area contributed by atoms with Gasteiger partial charge in [0.2, 0.25) is 0 Å². The van der Waals surface area contributed by atoms with Crippen LogP contribution in [0, 0.1) is 12.3 Å². The number of rotatable bonds is 4. The number of esters is 1. The number of carbonyl (C=O) groups excluding carboxylic acids is 1. The minimum atomic E-state index is -0.297. The third-order valence-electron chi connectivity index (χ3n) is 5.10. The van der Waals surface area contributed by atoms with E-state index in [0.717, 1.165) is 45.6 Å². The molecule has 2 aliphatic heterocycles. The Morgan fingerprint density at radius 3 is 2.35 bits per heavy atom. The zero-order valence-electron chi connectivity index (χ0n) is 14.5. The Morgan fingerprint density at radius 1 is 1.13 bits per heavy atom. The van der Waals surface area contributed by atoms with Crippen molar-refractivity contribution in [3.8, 4) is 0 Å². The minimum Gasteiger partial charge on any atom is -0.462 e. The first-order chi connectivity index (χ1) is 10.9. The molecule has 2 aliphatic rings. The lowest BCUT2D eigenvalue weighted by molar-refractivity contribution is -0.147. The van der Waals surface area contributed by atoms with Gasteiger partial charge in [-0.3, -0.25) is 9.69 Å². The van der Waals surface area contributed by atoms with Crippen molar-refractivity contribution in [2.24, 2.45) is 5.41 Å². The molecule has 3 rings (SSSR count). The Hall–Kier alpha value is -1.55. The molecule has 1 aromatic carbocycles. The van der Waals surface area contributed by atoms with Crippen molar-refractivity contribution in [1.82, 2.24) is 4.90 Å². The fourth-order valence-electron chi connectivity index (χ4n) is 3.48. The second-order valence-electron chi connectivity index (χ2n) is 7.57. The van der Waals surface area contributed by atoms with Crippen LogP contribution in [-0.2, 0) is 9.53 Å². The lowest BCUT2D eigenvalue weighted by atomic mass is 9.89. The van der Waals surface area contributed by atoms with Crippen molar-refractivity contribution in [3.05, 3.63) is 29.8 Å². The van der Waals surface area contributed by atoms with E-state index in [9.17, 15) is 4.79 Å². The summed E-state index contributed by atoms with van der Waals surface area (Å²) in [5, 5.41) is 0. The van der Waals surface area contributed by atoms with Crippen LogP contribution >= 0.6 is 0 Å². The molecule has 4 heteroatoms. The molecule has 0 saturated carbocycles. The lowest BCUT2D eigenvalue weighted by Crippen LogP contribution is -2.47. The monoisotopic (exact) mass is 316 g/mol. The van der Waals surface area contributed by atoms with E-state index in [4.69, 9.17) is 4.74 Å². The molecule has 2 heterocycles. The van der Waals surface area contributed by atoms with Crippen molar-refractivity contribution >= 4 is 11.7 Å². The quantitative estimate of drug-likeness (QED) is 0.800. The minimum absolute atomic E-state index is 0.0355. The van der Waals surface area contributed by atoms with Gasteiger partial charge in [-0.1, -0.05) is 17.7 Å². The zero-order chi connectivity index (χ0) is 16.4. The number of hydrogen-bond acceptors (Lipinski definition) is 4. The largest absolute Gasteiger partial charge is 0.462 e. The Labute approximate surface area is 139 Å². The fourth-order valence-corrected chi connectivity index (χ4v) is 3.48. The molecule has 0 bridgehead atoms. The predicted octanol–water partition coefficient (Wildman–Crippen LogP) is 2.85. The number of hydrogen-bond donors (Lipinski definition) is 0. The number of piperazine rings is 1. The van der Waals surface area contributed by atoms with Gasteiger partial charge in [-0.05, 0) is 45.7 Å². The molecule has 0 radical (unpaired) electrons. The smallest absolute Gasteiger partial charge is 0.311 e. The average molecular weight is 316 g/mol. The highest BCUT2D eigenvalue weighted by atomic mass is 16.6. The number of carbonyl (C=O) groups is 1. The van der Waals surface area contributed by atoms with Gasteiger partial charge in [0.1, 0.15) is 6.10 Å².